The maximum atomic E-state index is 2.41. The zero-order valence-corrected chi connectivity index (χ0v) is 10.7. The van der Waals surface area contributed by atoms with Gasteiger partial charge in [0, 0.05) is 0 Å². The number of rotatable bonds is 2. The Morgan fingerprint density at radius 3 is 2.44 bits per heavy atom. The van der Waals surface area contributed by atoms with E-state index in [2.05, 4.69) is 38.1 Å². The van der Waals surface area contributed by atoms with Crippen molar-refractivity contribution in [3.8, 4) is 0 Å². The highest BCUT2D eigenvalue weighted by atomic mass is 14.2. The molecule has 0 radical (unpaired) electrons. The summed E-state index contributed by atoms with van der Waals surface area (Å²) in [6.45, 7) is 4.63. The van der Waals surface area contributed by atoms with Crippen molar-refractivity contribution in [2.75, 3.05) is 0 Å². The molecular formula is C16H24. The fourth-order valence-electron chi connectivity index (χ4n) is 2.85. The van der Waals surface area contributed by atoms with E-state index in [4.69, 9.17) is 0 Å². The molecule has 0 amide bonds. The standard InChI is InChI=1S/C16H24/c1-3-14-8-11-16(12-9-14)15-6-4-5-13(2)7-10-15/h8-9,11-13,15H,3-7,10H2,1-2H3. The van der Waals surface area contributed by atoms with E-state index in [-0.39, 0.29) is 0 Å². The lowest BCUT2D eigenvalue weighted by Crippen LogP contribution is -1.98. The third-order valence-electron chi connectivity index (χ3n) is 4.12. The van der Waals surface area contributed by atoms with Gasteiger partial charge in [0.1, 0.15) is 0 Å². The molecule has 0 heterocycles. The summed E-state index contributed by atoms with van der Waals surface area (Å²) in [5.41, 5.74) is 3.04. The lowest BCUT2D eigenvalue weighted by Gasteiger charge is -2.15. The van der Waals surface area contributed by atoms with Gasteiger partial charge in [0.05, 0.1) is 0 Å². The first-order chi connectivity index (χ1) is 7.79. The van der Waals surface area contributed by atoms with Gasteiger partial charge in [-0.3, -0.25) is 0 Å². The van der Waals surface area contributed by atoms with E-state index in [0.717, 1.165) is 18.3 Å². The summed E-state index contributed by atoms with van der Waals surface area (Å²) in [6.07, 6.45) is 8.22. The molecule has 0 heteroatoms. The third kappa shape index (κ3) is 2.87. The summed E-state index contributed by atoms with van der Waals surface area (Å²) in [6, 6.07) is 9.34. The van der Waals surface area contributed by atoms with E-state index in [9.17, 15) is 0 Å². The Hall–Kier alpha value is -0.780. The molecule has 0 saturated heterocycles. The lowest BCUT2D eigenvalue weighted by atomic mass is 9.91. The predicted octanol–water partition coefficient (Wildman–Crippen LogP) is 4.93. The van der Waals surface area contributed by atoms with Crippen LogP contribution in [0.3, 0.4) is 0 Å². The van der Waals surface area contributed by atoms with E-state index in [1.165, 1.54) is 37.7 Å². The van der Waals surface area contributed by atoms with Gasteiger partial charge in [-0.05, 0) is 42.2 Å². The maximum Gasteiger partial charge on any atom is -0.0162 e. The minimum absolute atomic E-state index is 0.829. The molecule has 2 rings (SSSR count). The van der Waals surface area contributed by atoms with Crippen LogP contribution in [0, 0.1) is 5.92 Å². The molecule has 1 aliphatic rings. The van der Waals surface area contributed by atoms with E-state index in [1.54, 1.807) is 5.56 Å². The molecule has 1 fully saturated rings. The lowest BCUT2D eigenvalue weighted by molar-refractivity contribution is 0.499. The second kappa shape index (κ2) is 5.52. The number of benzene rings is 1. The summed E-state index contributed by atoms with van der Waals surface area (Å²) in [5.74, 6) is 1.77. The molecule has 2 unspecified atom stereocenters. The first-order valence-corrected chi connectivity index (χ1v) is 6.88. The number of hydrogen-bond donors (Lipinski definition) is 0. The van der Waals surface area contributed by atoms with Crippen molar-refractivity contribution in [1.29, 1.82) is 0 Å². The molecule has 0 nitrogen and oxygen atoms in total. The predicted molar refractivity (Wildman–Crippen MR) is 70.8 cm³/mol. The van der Waals surface area contributed by atoms with Crippen LogP contribution in [-0.2, 0) is 6.42 Å². The van der Waals surface area contributed by atoms with Crippen LogP contribution in [0.1, 0.15) is 63.0 Å². The summed E-state index contributed by atoms with van der Waals surface area (Å²) in [5, 5.41) is 0. The first-order valence-electron chi connectivity index (χ1n) is 6.88. The largest absolute Gasteiger partial charge is 0.0625 e. The summed E-state index contributed by atoms with van der Waals surface area (Å²) in [4.78, 5) is 0. The molecule has 1 aliphatic carbocycles. The quantitative estimate of drug-likeness (QED) is 0.615. The van der Waals surface area contributed by atoms with Gasteiger partial charge in [0.25, 0.3) is 0 Å². The Labute approximate surface area is 100 Å². The first kappa shape index (κ1) is 11.7. The van der Waals surface area contributed by atoms with E-state index >= 15 is 0 Å². The van der Waals surface area contributed by atoms with Gasteiger partial charge in [0.15, 0.2) is 0 Å². The SMILES string of the molecule is CCc1ccc(C2CCCC(C)CC2)cc1. The number of hydrogen-bond acceptors (Lipinski definition) is 0. The molecule has 1 aromatic carbocycles. The molecular weight excluding hydrogens is 192 g/mol. The zero-order chi connectivity index (χ0) is 11.4. The molecule has 0 N–H and O–H groups in total. The van der Waals surface area contributed by atoms with Crippen LogP contribution < -0.4 is 0 Å². The second-order valence-electron chi connectivity index (χ2n) is 5.41. The number of aryl methyl sites for hydroxylation is 1. The topological polar surface area (TPSA) is 0 Å². The van der Waals surface area contributed by atoms with Crippen LogP contribution in [-0.4, -0.2) is 0 Å². The Balaban J connectivity index is 2.04. The van der Waals surface area contributed by atoms with Gasteiger partial charge in [-0.25, -0.2) is 0 Å². The average Bonchev–Trinajstić information content (AvgIpc) is 2.54. The summed E-state index contributed by atoms with van der Waals surface area (Å²) < 4.78 is 0. The fourth-order valence-corrected chi connectivity index (χ4v) is 2.85. The van der Waals surface area contributed by atoms with E-state index in [0.29, 0.717) is 0 Å². The monoisotopic (exact) mass is 216 g/mol. The van der Waals surface area contributed by atoms with Gasteiger partial charge in [-0.1, -0.05) is 57.4 Å². The van der Waals surface area contributed by atoms with Crippen LogP contribution in [0.2, 0.25) is 0 Å². The average molecular weight is 216 g/mol. The molecule has 1 aromatic rings. The van der Waals surface area contributed by atoms with Gasteiger partial charge >= 0.3 is 0 Å². The van der Waals surface area contributed by atoms with Crippen molar-refractivity contribution in [2.45, 2.75) is 58.3 Å². The third-order valence-corrected chi connectivity index (χ3v) is 4.12. The zero-order valence-electron chi connectivity index (χ0n) is 10.7. The van der Waals surface area contributed by atoms with Gasteiger partial charge in [-0.2, -0.15) is 0 Å². The Morgan fingerprint density at radius 2 is 1.75 bits per heavy atom. The minimum atomic E-state index is 0.829. The summed E-state index contributed by atoms with van der Waals surface area (Å²) >= 11 is 0. The highest BCUT2D eigenvalue weighted by molar-refractivity contribution is 5.25. The Kier molecular flexibility index (Phi) is 4.04. The molecule has 0 spiro atoms. The normalized spacial score (nSPS) is 26.4. The van der Waals surface area contributed by atoms with Crippen molar-refractivity contribution >= 4 is 0 Å². The fraction of sp³-hybridized carbons (Fsp3) is 0.625. The van der Waals surface area contributed by atoms with Crippen molar-refractivity contribution in [1.82, 2.24) is 0 Å². The highest BCUT2D eigenvalue weighted by Crippen LogP contribution is 2.33. The molecule has 0 aromatic heterocycles. The Bertz CT molecular complexity index is 309. The minimum Gasteiger partial charge on any atom is -0.0625 e. The molecule has 2 atom stereocenters. The Morgan fingerprint density at radius 1 is 1.00 bits per heavy atom. The van der Waals surface area contributed by atoms with Gasteiger partial charge in [0.2, 0.25) is 0 Å². The van der Waals surface area contributed by atoms with Gasteiger partial charge in [-0.15, -0.1) is 0 Å². The molecule has 88 valence electrons. The van der Waals surface area contributed by atoms with Crippen LogP contribution in [0.25, 0.3) is 0 Å². The molecule has 0 bridgehead atoms. The molecule has 16 heavy (non-hydrogen) atoms. The van der Waals surface area contributed by atoms with Crippen LogP contribution in [0.5, 0.6) is 0 Å². The second-order valence-corrected chi connectivity index (χ2v) is 5.41. The highest BCUT2D eigenvalue weighted by Gasteiger charge is 2.17. The van der Waals surface area contributed by atoms with Crippen molar-refractivity contribution in [3.05, 3.63) is 35.4 Å². The van der Waals surface area contributed by atoms with Crippen LogP contribution in [0.4, 0.5) is 0 Å². The maximum absolute atomic E-state index is 2.41. The van der Waals surface area contributed by atoms with Crippen molar-refractivity contribution < 1.29 is 0 Å². The smallest absolute Gasteiger partial charge is 0.0162 e. The van der Waals surface area contributed by atoms with Crippen molar-refractivity contribution in [2.24, 2.45) is 5.92 Å². The molecule has 1 saturated carbocycles. The van der Waals surface area contributed by atoms with Gasteiger partial charge < -0.3 is 0 Å². The van der Waals surface area contributed by atoms with Crippen LogP contribution >= 0.6 is 0 Å². The van der Waals surface area contributed by atoms with E-state index < -0.39 is 0 Å². The van der Waals surface area contributed by atoms with Crippen molar-refractivity contribution in [3.63, 3.8) is 0 Å². The van der Waals surface area contributed by atoms with E-state index in [1.807, 2.05) is 0 Å². The van der Waals surface area contributed by atoms with Crippen LogP contribution in [0.15, 0.2) is 24.3 Å². The summed E-state index contributed by atoms with van der Waals surface area (Å²) in [7, 11) is 0. The molecule has 0 aliphatic heterocycles.